The van der Waals surface area contributed by atoms with E-state index in [2.05, 4.69) is 16.3 Å². The molecule has 0 aliphatic carbocycles. The molecule has 0 aliphatic heterocycles. The fourth-order valence-corrected chi connectivity index (χ4v) is 1.30. The number of hydrogen-bond donors (Lipinski definition) is 0. The quantitative estimate of drug-likeness (QED) is 0.645. The molecule has 0 saturated heterocycles. The molecule has 0 fully saturated rings. The summed E-state index contributed by atoms with van der Waals surface area (Å²) in [5.41, 5.74) is 1.93. The SMILES string of the molecule is Cc1cn2n[c]cc2c(N(C)C)n1. The molecule has 4 heteroatoms. The maximum absolute atomic E-state index is 4.42. The van der Waals surface area contributed by atoms with E-state index >= 15 is 0 Å². The van der Waals surface area contributed by atoms with E-state index in [1.54, 1.807) is 4.52 Å². The number of rotatable bonds is 1. The van der Waals surface area contributed by atoms with Gasteiger partial charge in [0.15, 0.2) is 5.82 Å². The molecular formula is C9H11N4. The molecule has 0 amide bonds. The average Bonchev–Trinajstić information content (AvgIpc) is 2.49. The molecule has 0 spiro atoms. The Kier molecular flexibility index (Phi) is 1.69. The van der Waals surface area contributed by atoms with Crippen molar-refractivity contribution in [3.63, 3.8) is 0 Å². The zero-order chi connectivity index (χ0) is 9.42. The number of fused-ring (bicyclic) bond motifs is 1. The van der Waals surface area contributed by atoms with Gasteiger partial charge in [0.2, 0.25) is 0 Å². The van der Waals surface area contributed by atoms with Crippen LogP contribution in [-0.4, -0.2) is 28.7 Å². The lowest BCUT2D eigenvalue weighted by molar-refractivity contribution is 0.911. The molecule has 2 aromatic rings. The summed E-state index contributed by atoms with van der Waals surface area (Å²) in [6.07, 6.45) is 4.69. The van der Waals surface area contributed by atoms with Crippen molar-refractivity contribution in [2.45, 2.75) is 6.92 Å². The Bertz CT molecular complexity index is 430. The van der Waals surface area contributed by atoms with E-state index < -0.39 is 0 Å². The van der Waals surface area contributed by atoms with Gasteiger partial charge in [0.05, 0.1) is 11.9 Å². The Morgan fingerprint density at radius 1 is 1.46 bits per heavy atom. The van der Waals surface area contributed by atoms with E-state index in [0.717, 1.165) is 17.0 Å². The van der Waals surface area contributed by atoms with E-state index in [1.807, 2.05) is 38.2 Å². The van der Waals surface area contributed by atoms with Crippen molar-refractivity contribution in [2.24, 2.45) is 0 Å². The Hall–Kier alpha value is -1.58. The second kappa shape index (κ2) is 2.73. The molecule has 2 heterocycles. The zero-order valence-electron chi connectivity index (χ0n) is 7.94. The molecule has 0 aliphatic rings. The Labute approximate surface area is 76.8 Å². The standard InChI is InChI=1S/C9H11N4/c1-7-6-13-8(4-5-10-13)9(11-7)12(2)3/h4,6H,1-3H3. The maximum Gasteiger partial charge on any atom is 0.154 e. The Morgan fingerprint density at radius 3 is 2.92 bits per heavy atom. The molecule has 2 aromatic heterocycles. The summed E-state index contributed by atoms with van der Waals surface area (Å²) in [5, 5.41) is 4.05. The summed E-state index contributed by atoms with van der Waals surface area (Å²) in [6, 6.07) is 1.84. The minimum Gasteiger partial charge on any atom is -0.361 e. The Morgan fingerprint density at radius 2 is 2.23 bits per heavy atom. The van der Waals surface area contributed by atoms with Crippen molar-refractivity contribution in [2.75, 3.05) is 19.0 Å². The van der Waals surface area contributed by atoms with E-state index in [-0.39, 0.29) is 0 Å². The number of hydrogen-bond acceptors (Lipinski definition) is 3. The second-order valence-corrected chi connectivity index (χ2v) is 3.20. The highest BCUT2D eigenvalue weighted by Crippen LogP contribution is 2.16. The van der Waals surface area contributed by atoms with Crippen molar-refractivity contribution in [1.82, 2.24) is 14.6 Å². The van der Waals surface area contributed by atoms with Gasteiger partial charge in [0.25, 0.3) is 0 Å². The Balaban J connectivity index is 2.77. The van der Waals surface area contributed by atoms with Crippen LogP contribution in [-0.2, 0) is 0 Å². The summed E-state index contributed by atoms with van der Waals surface area (Å²) in [4.78, 5) is 6.39. The first-order chi connectivity index (χ1) is 6.18. The van der Waals surface area contributed by atoms with Crippen LogP contribution in [0.3, 0.4) is 0 Å². The fourth-order valence-electron chi connectivity index (χ4n) is 1.30. The molecular weight excluding hydrogens is 164 g/mol. The van der Waals surface area contributed by atoms with Crippen LogP contribution >= 0.6 is 0 Å². The van der Waals surface area contributed by atoms with Crippen LogP contribution in [0.4, 0.5) is 5.82 Å². The molecule has 0 saturated carbocycles. The topological polar surface area (TPSA) is 33.4 Å². The maximum atomic E-state index is 4.42. The molecule has 0 atom stereocenters. The molecule has 0 unspecified atom stereocenters. The molecule has 2 rings (SSSR count). The highest BCUT2D eigenvalue weighted by atomic mass is 15.3. The lowest BCUT2D eigenvalue weighted by atomic mass is 10.4. The third-order valence-corrected chi connectivity index (χ3v) is 1.86. The normalized spacial score (nSPS) is 10.7. The fraction of sp³-hybridized carbons (Fsp3) is 0.333. The van der Waals surface area contributed by atoms with Gasteiger partial charge in [-0.3, -0.25) is 0 Å². The average molecular weight is 175 g/mol. The van der Waals surface area contributed by atoms with Crippen LogP contribution in [0.1, 0.15) is 5.69 Å². The summed E-state index contributed by atoms with van der Waals surface area (Å²) in [5.74, 6) is 0.925. The second-order valence-electron chi connectivity index (χ2n) is 3.20. The molecule has 13 heavy (non-hydrogen) atoms. The van der Waals surface area contributed by atoms with Crippen LogP contribution in [0.2, 0.25) is 0 Å². The smallest absolute Gasteiger partial charge is 0.154 e. The van der Waals surface area contributed by atoms with Gasteiger partial charge < -0.3 is 4.90 Å². The highest BCUT2D eigenvalue weighted by Gasteiger charge is 2.06. The first kappa shape index (κ1) is 8.04. The van der Waals surface area contributed by atoms with E-state index in [1.165, 1.54) is 0 Å². The van der Waals surface area contributed by atoms with Gasteiger partial charge >= 0.3 is 0 Å². The van der Waals surface area contributed by atoms with Gasteiger partial charge in [-0.05, 0) is 13.0 Å². The molecule has 0 bridgehead atoms. The van der Waals surface area contributed by atoms with Crippen molar-refractivity contribution >= 4 is 11.3 Å². The lowest BCUT2D eigenvalue weighted by Gasteiger charge is -2.12. The van der Waals surface area contributed by atoms with Crippen LogP contribution in [0.25, 0.3) is 5.52 Å². The van der Waals surface area contributed by atoms with E-state index in [9.17, 15) is 0 Å². The third-order valence-electron chi connectivity index (χ3n) is 1.86. The van der Waals surface area contributed by atoms with Gasteiger partial charge in [-0.15, -0.1) is 0 Å². The highest BCUT2D eigenvalue weighted by molar-refractivity contribution is 5.67. The molecule has 67 valence electrons. The first-order valence-corrected chi connectivity index (χ1v) is 4.09. The summed E-state index contributed by atoms with van der Waals surface area (Å²) in [6.45, 7) is 1.95. The van der Waals surface area contributed by atoms with Gasteiger partial charge in [0, 0.05) is 14.1 Å². The minimum absolute atomic E-state index is 0.925. The van der Waals surface area contributed by atoms with Crippen molar-refractivity contribution in [3.05, 3.63) is 24.2 Å². The first-order valence-electron chi connectivity index (χ1n) is 4.09. The third kappa shape index (κ3) is 1.24. The summed E-state index contributed by atoms with van der Waals surface area (Å²) >= 11 is 0. The number of anilines is 1. The largest absolute Gasteiger partial charge is 0.361 e. The van der Waals surface area contributed by atoms with Crippen LogP contribution in [0, 0.1) is 13.1 Å². The van der Waals surface area contributed by atoms with Crippen LogP contribution in [0.5, 0.6) is 0 Å². The lowest BCUT2D eigenvalue weighted by Crippen LogP contribution is -2.12. The number of aromatic nitrogens is 3. The van der Waals surface area contributed by atoms with Crippen molar-refractivity contribution in [3.8, 4) is 0 Å². The molecule has 0 N–H and O–H groups in total. The minimum atomic E-state index is 0.925. The monoisotopic (exact) mass is 175 g/mol. The van der Waals surface area contributed by atoms with Crippen molar-refractivity contribution < 1.29 is 0 Å². The zero-order valence-corrected chi connectivity index (χ0v) is 7.94. The number of aryl methyl sites for hydroxylation is 1. The number of nitrogens with zero attached hydrogens (tertiary/aromatic N) is 4. The van der Waals surface area contributed by atoms with Gasteiger partial charge in [-0.25, -0.2) is 9.50 Å². The van der Waals surface area contributed by atoms with Crippen LogP contribution in [0.15, 0.2) is 12.3 Å². The molecule has 0 aromatic carbocycles. The van der Waals surface area contributed by atoms with Gasteiger partial charge in [-0.1, -0.05) is 0 Å². The van der Waals surface area contributed by atoms with Gasteiger partial charge in [0.1, 0.15) is 11.7 Å². The van der Waals surface area contributed by atoms with E-state index in [4.69, 9.17) is 0 Å². The summed E-state index contributed by atoms with van der Waals surface area (Å²) < 4.78 is 1.79. The molecule has 4 nitrogen and oxygen atoms in total. The van der Waals surface area contributed by atoms with Gasteiger partial charge in [-0.2, -0.15) is 5.10 Å². The van der Waals surface area contributed by atoms with Crippen molar-refractivity contribution in [1.29, 1.82) is 0 Å². The van der Waals surface area contributed by atoms with Crippen LogP contribution < -0.4 is 4.90 Å². The van der Waals surface area contributed by atoms with E-state index in [0.29, 0.717) is 0 Å². The predicted molar refractivity (Wildman–Crippen MR) is 50.9 cm³/mol. The predicted octanol–water partition coefficient (Wildman–Crippen LogP) is 0.904. The molecule has 1 radical (unpaired) electrons. The summed E-state index contributed by atoms with van der Waals surface area (Å²) in [7, 11) is 3.93.